The van der Waals surface area contributed by atoms with Crippen molar-refractivity contribution in [2.24, 2.45) is 5.10 Å². The van der Waals surface area contributed by atoms with E-state index in [1.54, 1.807) is 44.2 Å². The van der Waals surface area contributed by atoms with Crippen molar-refractivity contribution < 1.29 is 14.3 Å². The van der Waals surface area contributed by atoms with Crippen molar-refractivity contribution in [1.82, 2.24) is 9.66 Å². The smallest absolute Gasteiger partial charge is 0.347 e. The van der Waals surface area contributed by atoms with Crippen LogP contribution in [0.5, 0.6) is 5.75 Å². The molecule has 0 aliphatic carbocycles. The van der Waals surface area contributed by atoms with Crippen molar-refractivity contribution in [2.75, 3.05) is 6.61 Å². The molecule has 0 unspecified atom stereocenters. The zero-order valence-corrected chi connectivity index (χ0v) is 18.5. The second kappa shape index (κ2) is 9.67. The van der Waals surface area contributed by atoms with Gasteiger partial charge in [-0.25, -0.2) is 9.78 Å². The van der Waals surface area contributed by atoms with Crippen LogP contribution in [-0.2, 0) is 16.0 Å². The van der Waals surface area contributed by atoms with Crippen LogP contribution < -0.4 is 10.3 Å². The van der Waals surface area contributed by atoms with E-state index >= 15 is 0 Å². The van der Waals surface area contributed by atoms with Gasteiger partial charge in [0.1, 0.15) is 11.6 Å². The molecule has 3 aromatic rings. The maximum atomic E-state index is 13.0. The number of benzene rings is 2. The van der Waals surface area contributed by atoms with E-state index < -0.39 is 12.1 Å². The number of nitrogens with zero attached hydrogens (tertiary/aromatic N) is 3. The molecule has 0 N–H and O–H groups in total. The second-order valence-electron chi connectivity index (χ2n) is 6.45. The maximum absolute atomic E-state index is 13.0. The van der Waals surface area contributed by atoms with Crippen molar-refractivity contribution >= 4 is 39.0 Å². The molecule has 0 aliphatic rings. The number of aryl methyl sites for hydroxylation is 1. The van der Waals surface area contributed by atoms with Gasteiger partial charge in [-0.15, -0.1) is 0 Å². The number of esters is 1. The summed E-state index contributed by atoms with van der Waals surface area (Å²) < 4.78 is 12.8. The zero-order valence-electron chi connectivity index (χ0n) is 17.0. The highest BCUT2D eigenvalue weighted by Gasteiger charge is 2.17. The molecule has 156 valence electrons. The minimum Gasteiger partial charge on any atom is -0.478 e. The van der Waals surface area contributed by atoms with Gasteiger partial charge in [0, 0.05) is 16.5 Å². The molecule has 0 saturated heterocycles. The number of ether oxygens (including phenoxy) is 2. The summed E-state index contributed by atoms with van der Waals surface area (Å²) in [5.41, 5.74) is 0.989. The fourth-order valence-electron chi connectivity index (χ4n) is 2.86. The van der Waals surface area contributed by atoms with E-state index in [1.165, 1.54) is 10.9 Å². The van der Waals surface area contributed by atoms with E-state index in [2.05, 4.69) is 26.0 Å². The lowest BCUT2D eigenvalue weighted by molar-refractivity contribution is -0.150. The van der Waals surface area contributed by atoms with Gasteiger partial charge in [0.25, 0.3) is 5.56 Å². The van der Waals surface area contributed by atoms with Gasteiger partial charge in [0.05, 0.1) is 23.7 Å². The summed E-state index contributed by atoms with van der Waals surface area (Å²) in [5.74, 6) is 0.562. The molecule has 8 heteroatoms. The molecule has 1 aromatic heterocycles. The molecule has 0 saturated carbocycles. The first-order valence-corrected chi connectivity index (χ1v) is 10.4. The van der Waals surface area contributed by atoms with Crippen LogP contribution >= 0.6 is 15.9 Å². The van der Waals surface area contributed by atoms with E-state index in [-0.39, 0.29) is 12.2 Å². The molecule has 0 bridgehead atoms. The lowest BCUT2D eigenvalue weighted by Crippen LogP contribution is -2.26. The van der Waals surface area contributed by atoms with Crippen LogP contribution in [0.3, 0.4) is 0 Å². The summed E-state index contributed by atoms with van der Waals surface area (Å²) in [4.78, 5) is 29.4. The summed E-state index contributed by atoms with van der Waals surface area (Å²) in [7, 11) is 0. The molecule has 0 aliphatic heterocycles. The van der Waals surface area contributed by atoms with E-state index in [0.29, 0.717) is 34.5 Å². The highest BCUT2D eigenvalue weighted by Crippen LogP contribution is 2.19. The predicted octanol–water partition coefficient (Wildman–Crippen LogP) is 3.93. The van der Waals surface area contributed by atoms with Gasteiger partial charge in [-0.1, -0.05) is 35.0 Å². The van der Waals surface area contributed by atoms with Crippen LogP contribution in [0, 0.1) is 0 Å². The van der Waals surface area contributed by atoms with Crippen molar-refractivity contribution in [3.8, 4) is 5.75 Å². The standard InChI is InChI=1S/C22H22BrN3O4/c1-4-20-25-18-11-10-16(23)12-17(18)21(27)26(20)24-13-15-8-6-7-9-19(15)30-14(3)22(28)29-5-2/h6-14H,4-5H2,1-3H3/t14-/m1/s1. The summed E-state index contributed by atoms with van der Waals surface area (Å²) in [6.45, 7) is 5.56. The minimum atomic E-state index is -0.770. The number of halogens is 1. The van der Waals surface area contributed by atoms with E-state index in [1.807, 2.05) is 19.1 Å². The Morgan fingerprint density at radius 3 is 2.77 bits per heavy atom. The number of carbonyl (C=O) groups is 1. The summed E-state index contributed by atoms with van der Waals surface area (Å²) in [6, 6.07) is 12.5. The van der Waals surface area contributed by atoms with Gasteiger partial charge in [-0.05, 0) is 44.2 Å². The average Bonchev–Trinajstić information content (AvgIpc) is 2.74. The molecule has 0 radical (unpaired) electrons. The number of rotatable bonds is 7. The van der Waals surface area contributed by atoms with Gasteiger partial charge < -0.3 is 9.47 Å². The molecule has 7 nitrogen and oxygen atoms in total. The van der Waals surface area contributed by atoms with Crippen LogP contribution in [0.25, 0.3) is 10.9 Å². The maximum Gasteiger partial charge on any atom is 0.347 e. The second-order valence-corrected chi connectivity index (χ2v) is 7.37. The number of para-hydroxylation sites is 1. The third kappa shape index (κ3) is 4.76. The molecule has 0 spiro atoms. The van der Waals surface area contributed by atoms with Crippen LogP contribution in [0.15, 0.2) is 56.8 Å². The Hall–Kier alpha value is -3.00. The molecule has 0 amide bonds. The topological polar surface area (TPSA) is 82.8 Å². The third-order valence-electron chi connectivity index (χ3n) is 4.35. The normalized spacial score (nSPS) is 12.3. The van der Waals surface area contributed by atoms with Crippen molar-refractivity contribution in [2.45, 2.75) is 33.3 Å². The largest absolute Gasteiger partial charge is 0.478 e. The first kappa shape index (κ1) is 21.7. The van der Waals surface area contributed by atoms with Gasteiger partial charge in [0.2, 0.25) is 0 Å². The Balaban J connectivity index is 1.98. The van der Waals surface area contributed by atoms with Gasteiger partial charge in [-0.2, -0.15) is 9.78 Å². The lowest BCUT2D eigenvalue weighted by atomic mass is 10.2. The number of carbonyl (C=O) groups excluding carboxylic acids is 1. The molecule has 3 rings (SSSR count). The Morgan fingerprint density at radius 2 is 2.03 bits per heavy atom. The first-order valence-electron chi connectivity index (χ1n) is 9.62. The Kier molecular flexibility index (Phi) is 6.99. The Bertz CT molecular complexity index is 1160. The number of hydrogen-bond donors (Lipinski definition) is 0. The summed E-state index contributed by atoms with van der Waals surface area (Å²) in [5, 5.41) is 4.85. The van der Waals surface area contributed by atoms with Crippen LogP contribution in [0.1, 0.15) is 32.2 Å². The van der Waals surface area contributed by atoms with Crippen molar-refractivity contribution in [1.29, 1.82) is 0 Å². The fraction of sp³-hybridized carbons (Fsp3) is 0.273. The highest BCUT2D eigenvalue weighted by atomic mass is 79.9. The minimum absolute atomic E-state index is 0.257. The van der Waals surface area contributed by atoms with Gasteiger partial charge in [-0.3, -0.25) is 4.79 Å². The Labute approximate surface area is 182 Å². The molecule has 0 fully saturated rings. The fourth-order valence-corrected chi connectivity index (χ4v) is 3.22. The molecular weight excluding hydrogens is 450 g/mol. The molecule has 30 heavy (non-hydrogen) atoms. The van der Waals surface area contributed by atoms with Crippen LogP contribution in [0.2, 0.25) is 0 Å². The highest BCUT2D eigenvalue weighted by molar-refractivity contribution is 9.10. The van der Waals surface area contributed by atoms with Crippen molar-refractivity contribution in [3.05, 3.63) is 68.7 Å². The van der Waals surface area contributed by atoms with Crippen LogP contribution in [0.4, 0.5) is 0 Å². The number of fused-ring (bicyclic) bond motifs is 1. The SMILES string of the molecule is CCOC(=O)[C@@H](C)Oc1ccccc1C=Nn1c(CC)nc2ccc(Br)cc2c1=O. The average molecular weight is 472 g/mol. The quantitative estimate of drug-likeness (QED) is 0.385. The van der Waals surface area contributed by atoms with Gasteiger partial charge in [0.15, 0.2) is 6.10 Å². The van der Waals surface area contributed by atoms with E-state index in [9.17, 15) is 9.59 Å². The first-order chi connectivity index (χ1) is 14.4. The molecule has 2 aromatic carbocycles. The van der Waals surface area contributed by atoms with Crippen molar-refractivity contribution in [3.63, 3.8) is 0 Å². The number of hydrogen-bond acceptors (Lipinski definition) is 6. The zero-order chi connectivity index (χ0) is 21.7. The van der Waals surface area contributed by atoms with E-state index in [4.69, 9.17) is 9.47 Å². The molecular formula is C22H22BrN3O4. The third-order valence-corrected chi connectivity index (χ3v) is 4.84. The van der Waals surface area contributed by atoms with E-state index in [0.717, 1.165) is 4.47 Å². The summed E-state index contributed by atoms with van der Waals surface area (Å²) in [6.07, 6.45) is 1.30. The Morgan fingerprint density at radius 1 is 1.27 bits per heavy atom. The van der Waals surface area contributed by atoms with Gasteiger partial charge >= 0.3 is 5.97 Å². The number of aromatic nitrogens is 2. The summed E-state index contributed by atoms with van der Waals surface area (Å²) >= 11 is 3.39. The molecule has 1 atom stereocenters. The van der Waals surface area contributed by atoms with Crippen LogP contribution in [-0.4, -0.2) is 34.6 Å². The lowest BCUT2D eigenvalue weighted by Gasteiger charge is -2.15. The molecule has 1 heterocycles. The predicted molar refractivity (Wildman–Crippen MR) is 119 cm³/mol. The monoisotopic (exact) mass is 471 g/mol.